The standard InChI is InChI=1S/C19H20FNO3/c1-19(2)10-12-8-14(11-5-4-6-13(7-11)23-3)16(20)9-15(12)17(19)24-18(21)22/h4-9,17H,10H2,1-3H3,(H2,21,22). The zero-order valence-corrected chi connectivity index (χ0v) is 13.9. The molecule has 1 atom stereocenters. The lowest BCUT2D eigenvalue weighted by molar-refractivity contribution is 0.0391. The van der Waals surface area contributed by atoms with Crippen LogP contribution in [-0.4, -0.2) is 13.2 Å². The number of hydrogen-bond acceptors (Lipinski definition) is 3. The lowest BCUT2D eigenvalue weighted by Crippen LogP contribution is -2.25. The monoisotopic (exact) mass is 329 g/mol. The van der Waals surface area contributed by atoms with Gasteiger partial charge in [0.05, 0.1) is 7.11 Å². The summed E-state index contributed by atoms with van der Waals surface area (Å²) in [5.74, 6) is 0.306. The molecule has 0 bridgehead atoms. The number of carbonyl (C=O) groups is 1. The van der Waals surface area contributed by atoms with Crippen LogP contribution in [0.25, 0.3) is 11.1 Å². The van der Waals surface area contributed by atoms with Gasteiger partial charge in [0.25, 0.3) is 0 Å². The molecule has 24 heavy (non-hydrogen) atoms. The van der Waals surface area contributed by atoms with E-state index in [1.165, 1.54) is 6.07 Å². The van der Waals surface area contributed by atoms with Gasteiger partial charge in [-0.05, 0) is 47.4 Å². The third-order valence-corrected chi connectivity index (χ3v) is 4.48. The Balaban J connectivity index is 2.07. The molecule has 1 unspecified atom stereocenters. The molecule has 1 aliphatic rings. The summed E-state index contributed by atoms with van der Waals surface area (Å²) in [6.07, 6.45) is -0.714. The first kappa shape index (κ1) is 16.3. The molecule has 2 aromatic carbocycles. The van der Waals surface area contributed by atoms with Crippen LogP contribution in [0, 0.1) is 11.2 Å². The summed E-state index contributed by atoms with van der Waals surface area (Å²) in [5, 5.41) is 0. The lowest BCUT2D eigenvalue weighted by atomic mass is 9.87. The maximum Gasteiger partial charge on any atom is 0.405 e. The van der Waals surface area contributed by atoms with Gasteiger partial charge in [0.15, 0.2) is 0 Å². The first-order valence-corrected chi connectivity index (χ1v) is 7.74. The van der Waals surface area contributed by atoms with Crippen molar-refractivity contribution in [3.05, 3.63) is 53.3 Å². The molecule has 0 aliphatic heterocycles. The Hall–Kier alpha value is -2.56. The topological polar surface area (TPSA) is 61.6 Å². The fraction of sp³-hybridized carbons (Fsp3) is 0.316. The smallest absolute Gasteiger partial charge is 0.405 e. The molecular formula is C19H20FNO3. The van der Waals surface area contributed by atoms with E-state index >= 15 is 0 Å². The number of halogens is 1. The van der Waals surface area contributed by atoms with Crippen LogP contribution in [0.2, 0.25) is 0 Å². The Labute approximate surface area is 140 Å². The van der Waals surface area contributed by atoms with E-state index in [2.05, 4.69) is 0 Å². The fourth-order valence-electron chi connectivity index (χ4n) is 3.39. The van der Waals surface area contributed by atoms with Crippen LogP contribution in [0.4, 0.5) is 9.18 Å². The van der Waals surface area contributed by atoms with Crippen molar-refractivity contribution < 1.29 is 18.7 Å². The SMILES string of the molecule is COc1cccc(-c2cc3c(cc2F)C(OC(N)=O)C(C)(C)C3)c1. The van der Waals surface area contributed by atoms with Gasteiger partial charge in [0, 0.05) is 11.0 Å². The van der Waals surface area contributed by atoms with Crippen molar-refractivity contribution in [1.82, 2.24) is 0 Å². The molecule has 0 saturated heterocycles. The van der Waals surface area contributed by atoms with Crippen molar-refractivity contribution in [1.29, 1.82) is 0 Å². The molecule has 5 heteroatoms. The lowest BCUT2D eigenvalue weighted by Gasteiger charge is -2.26. The molecule has 1 aliphatic carbocycles. The van der Waals surface area contributed by atoms with Crippen molar-refractivity contribution in [3.63, 3.8) is 0 Å². The molecule has 0 aromatic heterocycles. The van der Waals surface area contributed by atoms with Crippen LogP contribution in [0.5, 0.6) is 5.75 Å². The summed E-state index contributed by atoms with van der Waals surface area (Å²) < 4.78 is 25.2. The number of rotatable bonds is 3. The first-order chi connectivity index (χ1) is 11.3. The predicted molar refractivity (Wildman–Crippen MR) is 89.3 cm³/mol. The largest absolute Gasteiger partial charge is 0.497 e. The van der Waals surface area contributed by atoms with E-state index in [-0.39, 0.29) is 11.2 Å². The molecule has 0 fully saturated rings. The summed E-state index contributed by atoms with van der Waals surface area (Å²) in [4.78, 5) is 11.2. The highest BCUT2D eigenvalue weighted by atomic mass is 19.1. The number of benzene rings is 2. The second-order valence-electron chi connectivity index (χ2n) is 6.75. The number of fused-ring (bicyclic) bond motifs is 1. The summed E-state index contributed by atoms with van der Waals surface area (Å²) in [5.41, 5.74) is 7.73. The quantitative estimate of drug-likeness (QED) is 0.917. The Morgan fingerprint density at radius 2 is 2.04 bits per heavy atom. The van der Waals surface area contributed by atoms with Crippen LogP contribution in [0.1, 0.15) is 31.1 Å². The molecule has 1 amide bonds. The minimum atomic E-state index is -0.849. The summed E-state index contributed by atoms with van der Waals surface area (Å²) in [6, 6.07) is 10.5. The molecule has 2 N–H and O–H groups in total. The average Bonchev–Trinajstić information content (AvgIpc) is 2.76. The van der Waals surface area contributed by atoms with E-state index in [0.29, 0.717) is 23.3 Å². The Morgan fingerprint density at radius 3 is 2.71 bits per heavy atom. The van der Waals surface area contributed by atoms with E-state index in [0.717, 1.165) is 11.1 Å². The van der Waals surface area contributed by atoms with Crippen LogP contribution in [-0.2, 0) is 11.2 Å². The van der Waals surface area contributed by atoms with Gasteiger partial charge in [-0.2, -0.15) is 0 Å². The highest BCUT2D eigenvalue weighted by Gasteiger charge is 2.42. The van der Waals surface area contributed by atoms with Crippen molar-refractivity contribution in [2.45, 2.75) is 26.4 Å². The Morgan fingerprint density at radius 1 is 1.29 bits per heavy atom. The fourth-order valence-corrected chi connectivity index (χ4v) is 3.39. The molecular weight excluding hydrogens is 309 g/mol. The molecule has 0 radical (unpaired) electrons. The molecule has 0 saturated carbocycles. The maximum atomic E-state index is 14.7. The van der Waals surface area contributed by atoms with Crippen LogP contribution in [0.3, 0.4) is 0 Å². The molecule has 2 aromatic rings. The third kappa shape index (κ3) is 2.82. The van der Waals surface area contributed by atoms with Gasteiger partial charge >= 0.3 is 6.09 Å². The van der Waals surface area contributed by atoms with Crippen molar-refractivity contribution in [2.75, 3.05) is 7.11 Å². The molecule has 0 spiro atoms. The van der Waals surface area contributed by atoms with Gasteiger partial charge in [-0.3, -0.25) is 0 Å². The van der Waals surface area contributed by atoms with Crippen molar-refractivity contribution in [2.24, 2.45) is 11.1 Å². The van der Waals surface area contributed by atoms with E-state index in [4.69, 9.17) is 15.2 Å². The molecule has 126 valence electrons. The zero-order chi connectivity index (χ0) is 17.5. The number of methoxy groups -OCH3 is 1. The number of nitrogens with two attached hydrogens (primary N) is 1. The number of ether oxygens (including phenoxy) is 2. The van der Waals surface area contributed by atoms with Gasteiger partial charge in [0.1, 0.15) is 17.7 Å². The van der Waals surface area contributed by atoms with Crippen molar-refractivity contribution in [3.8, 4) is 16.9 Å². The highest BCUT2D eigenvalue weighted by molar-refractivity contribution is 5.69. The van der Waals surface area contributed by atoms with Crippen LogP contribution in [0.15, 0.2) is 36.4 Å². The van der Waals surface area contributed by atoms with E-state index in [1.807, 2.05) is 38.1 Å². The van der Waals surface area contributed by atoms with Crippen molar-refractivity contribution >= 4 is 6.09 Å². The second kappa shape index (κ2) is 5.82. The molecule has 4 nitrogen and oxygen atoms in total. The van der Waals surface area contributed by atoms with E-state index < -0.39 is 12.2 Å². The molecule has 0 heterocycles. The Bertz CT molecular complexity index is 801. The minimum Gasteiger partial charge on any atom is -0.497 e. The van der Waals surface area contributed by atoms with Gasteiger partial charge in [-0.1, -0.05) is 26.0 Å². The number of primary amides is 1. The minimum absolute atomic E-state index is 0.337. The Kier molecular flexibility index (Phi) is 3.95. The maximum absolute atomic E-state index is 14.7. The normalized spacial score (nSPS) is 18.1. The number of carbonyl (C=O) groups excluding carboxylic acids is 1. The average molecular weight is 329 g/mol. The van der Waals surface area contributed by atoms with E-state index in [1.54, 1.807) is 13.2 Å². The summed E-state index contributed by atoms with van der Waals surface area (Å²) in [7, 11) is 1.58. The van der Waals surface area contributed by atoms with Crippen LogP contribution >= 0.6 is 0 Å². The summed E-state index contributed by atoms with van der Waals surface area (Å²) in [6.45, 7) is 3.95. The van der Waals surface area contributed by atoms with Gasteiger partial charge < -0.3 is 15.2 Å². The molecule has 3 rings (SSSR count). The number of amides is 1. The number of hydrogen-bond donors (Lipinski definition) is 1. The van der Waals surface area contributed by atoms with Gasteiger partial charge in [-0.25, -0.2) is 9.18 Å². The van der Waals surface area contributed by atoms with E-state index in [9.17, 15) is 9.18 Å². The third-order valence-electron chi connectivity index (χ3n) is 4.48. The highest BCUT2D eigenvalue weighted by Crippen LogP contribution is 2.48. The second-order valence-corrected chi connectivity index (χ2v) is 6.75. The van der Waals surface area contributed by atoms with Gasteiger partial charge in [0.2, 0.25) is 0 Å². The predicted octanol–water partition coefficient (Wildman–Crippen LogP) is 4.22. The van der Waals surface area contributed by atoms with Crippen LogP contribution < -0.4 is 10.5 Å². The van der Waals surface area contributed by atoms with Gasteiger partial charge in [-0.15, -0.1) is 0 Å². The summed E-state index contributed by atoms with van der Waals surface area (Å²) >= 11 is 0. The zero-order valence-electron chi connectivity index (χ0n) is 13.9. The first-order valence-electron chi connectivity index (χ1n) is 7.74.